The molecule has 0 heterocycles. The summed E-state index contributed by atoms with van der Waals surface area (Å²) in [5, 5.41) is 0. The minimum atomic E-state index is 0.927. The van der Waals surface area contributed by atoms with E-state index >= 15 is 0 Å². The standard InChI is InChI=1S/C110H76/c1-13-37-81(38-14-1)99(82-39-15-2-16-40-82)101(85-45-21-5-22-46-85)93-67-63-79(64-68-93)61-62-80-65-69-94(70-66-80)102(86-47-23-6-24-48-86)104(88-51-27-8-28-52-88)96-73-77-98(78-74-96)110-108(92-59-35-12-36-60-92)106(90-55-31-10-32-56-90)105(89-53-29-9-30-54-89)107(91-57-33-11-34-58-91)109(110)97-75-71-95(72-76-97)103(87-49-25-7-26-50-87)100(83-41-17-3-18-42-83)84-43-19-4-20-44-84/h1-60,63-78H/b104-102+. The maximum absolute atomic E-state index is 3.56. The van der Waals surface area contributed by atoms with Gasteiger partial charge in [0.2, 0.25) is 0 Å². The number of hydrogen-bond acceptors (Lipinski definition) is 0. The van der Waals surface area contributed by atoms with Gasteiger partial charge in [-0.25, -0.2) is 0 Å². The third-order valence-electron chi connectivity index (χ3n) is 20.6. The highest BCUT2D eigenvalue weighted by atomic mass is 14.3. The summed E-state index contributed by atoms with van der Waals surface area (Å²) in [6.45, 7) is 0. The lowest BCUT2D eigenvalue weighted by atomic mass is 9.74. The van der Waals surface area contributed by atoms with Crippen molar-refractivity contribution in [1.29, 1.82) is 0 Å². The summed E-state index contributed by atoms with van der Waals surface area (Å²) in [7, 11) is 0. The fourth-order valence-electron chi connectivity index (χ4n) is 15.7. The summed E-state index contributed by atoms with van der Waals surface area (Å²) in [5.41, 5.74) is 35.9. The minimum Gasteiger partial charge on any atom is -0.0622 e. The highest BCUT2D eigenvalue weighted by molar-refractivity contribution is 6.16. The molecule has 0 amide bonds. The van der Waals surface area contributed by atoms with Crippen molar-refractivity contribution in [1.82, 2.24) is 0 Å². The topological polar surface area (TPSA) is 0 Å². The first kappa shape index (κ1) is 68.6. The molecule has 0 aliphatic carbocycles. The number of benzene rings is 17. The van der Waals surface area contributed by atoms with Crippen LogP contribution in [0.2, 0.25) is 0 Å². The number of rotatable bonds is 18. The van der Waals surface area contributed by atoms with E-state index in [0.717, 1.165) is 161 Å². The lowest BCUT2D eigenvalue weighted by molar-refractivity contribution is 1.48. The normalized spacial score (nSPS) is 11.2. The molecule has 0 spiro atoms. The zero-order chi connectivity index (χ0) is 73.6. The van der Waals surface area contributed by atoms with Crippen LogP contribution >= 0.6 is 0 Å². The maximum Gasteiger partial charge on any atom is 0.0249 e. The van der Waals surface area contributed by atoms with E-state index in [9.17, 15) is 0 Å². The second-order valence-corrected chi connectivity index (χ2v) is 27.5. The van der Waals surface area contributed by atoms with Gasteiger partial charge in [0.1, 0.15) is 0 Å². The summed E-state index contributed by atoms with van der Waals surface area (Å²) in [5.74, 6) is 7.11. The Morgan fingerprint density at radius 2 is 0.227 bits per heavy atom. The zero-order valence-electron chi connectivity index (χ0n) is 60.9. The van der Waals surface area contributed by atoms with E-state index in [2.05, 4.69) is 473 Å². The molecule has 0 heteroatoms. The highest BCUT2D eigenvalue weighted by Gasteiger charge is 2.30. The Bertz CT molecular complexity index is 6050. The number of hydrogen-bond donors (Lipinski definition) is 0. The average Bonchev–Trinajstić information content (AvgIpc) is 0.714. The maximum atomic E-state index is 3.56. The molecule has 0 aliphatic heterocycles. The van der Waals surface area contributed by atoms with Crippen LogP contribution in [0, 0.1) is 11.8 Å². The first-order valence-corrected chi connectivity index (χ1v) is 37.7. The molecule has 17 rings (SSSR count). The van der Waals surface area contributed by atoms with E-state index < -0.39 is 0 Å². The van der Waals surface area contributed by atoms with Gasteiger partial charge in [-0.2, -0.15) is 0 Å². The van der Waals surface area contributed by atoms with Crippen molar-refractivity contribution in [2.24, 2.45) is 0 Å². The molecule has 0 aliphatic rings. The van der Waals surface area contributed by atoms with Crippen molar-refractivity contribution in [3.8, 4) is 78.6 Å². The van der Waals surface area contributed by atoms with E-state index in [1.807, 2.05) is 0 Å². The monoisotopic (exact) mass is 1400 g/mol. The fourth-order valence-corrected chi connectivity index (χ4v) is 15.7. The van der Waals surface area contributed by atoms with Crippen molar-refractivity contribution >= 4 is 33.4 Å². The van der Waals surface area contributed by atoms with Gasteiger partial charge in [0, 0.05) is 11.1 Å². The summed E-state index contributed by atoms with van der Waals surface area (Å²) in [6.07, 6.45) is 0. The zero-order valence-corrected chi connectivity index (χ0v) is 60.9. The molecule has 0 radical (unpaired) electrons. The first-order chi connectivity index (χ1) is 54.6. The predicted molar refractivity (Wildman–Crippen MR) is 465 cm³/mol. The van der Waals surface area contributed by atoms with Gasteiger partial charge in [-0.1, -0.05) is 449 Å². The molecule has 0 N–H and O–H groups in total. The Labute approximate surface area is 646 Å². The quantitative estimate of drug-likeness (QED) is 0.0593. The molecule has 17 aromatic rings. The van der Waals surface area contributed by atoms with Gasteiger partial charge in [-0.15, -0.1) is 0 Å². The third-order valence-corrected chi connectivity index (χ3v) is 20.6. The largest absolute Gasteiger partial charge is 0.0622 e. The lowest BCUT2D eigenvalue weighted by Gasteiger charge is -2.29. The van der Waals surface area contributed by atoms with Gasteiger partial charge in [-0.3, -0.25) is 0 Å². The average molecular weight is 1400 g/mol. The van der Waals surface area contributed by atoms with E-state index in [4.69, 9.17) is 0 Å². The lowest BCUT2D eigenvalue weighted by Crippen LogP contribution is -2.03. The van der Waals surface area contributed by atoms with Crippen molar-refractivity contribution in [2.75, 3.05) is 0 Å². The van der Waals surface area contributed by atoms with Crippen LogP contribution in [0.15, 0.2) is 461 Å². The molecule has 17 aromatic carbocycles. The molecule has 0 fully saturated rings. The fraction of sp³-hybridized carbons (Fsp3) is 0. The Morgan fingerprint density at radius 3 is 0.382 bits per heavy atom. The Balaban J connectivity index is 0.845. The molecule has 0 saturated heterocycles. The van der Waals surface area contributed by atoms with Crippen LogP contribution in [0.5, 0.6) is 0 Å². The van der Waals surface area contributed by atoms with Gasteiger partial charge in [0.15, 0.2) is 0 Å². The highest BCUT2D eigenvalue weighted by Crippen LogP contribution is 2.57. The molecule has 0 atom stereocenters. The van der Waals surface area contributed by atoms with E-state index in [-0.39, 0.29) is 0 Å². The summed E-state index contributed by atoms with van der Waals surface area (Å²) in [4.78, 5) is 0. The van der Waals surface area contributed by atoms with Crippen LogP contribution in [-0.2, 0) is 0 Å². The van der Waals surface area contributed by atoms with Gasteiger partial charge < -0.3 is 0 Å². The second kappa shape index (κ2) is 32.5. The van der Waals surface area contributed by atoms with Gasteiger partial charge >= 0.3 is 0 Å². The van der Waals surface area contributed by atoms with Crippen LogP contribution in [0.3, 0.4) is 0 Å². The predicted octanol–water partition coefficient (Wildman–Crippen LogP) is 28.1. The van der Waals surface area contributed by atoms with Gasteiger partial charge in [-0.05, 0) is 191 Å². The van der Waals surface area contributed by atoms with Gasteiger partial charge in [0.05, 0.1) is 0 Å². The molecule has 0 bridgehead atoms. The van der Waals surface area contributed by atoms with Crippen LogP contribution in [0.4, 0.5) is 0 Å². The van der Waals surface area contributed by atoms with Crippen LogP contribution < -0.4 is 0 Å². The second-order valence-electron chi connectivity index (χ2n) is 27.5. The molecule has 516 valence electrons. The minimum absolute atomic E-state index is 0.927. The third kappa shape index (κ3) is 14.6. The Kier molecular flexibility index (Phi) is 20.3. The Hall–Kier alpha value is -14.5. The summed E-state index contributed by atoms with van der Waals surface area (Å²) >= 11 is 0. The van der Waals surface area contributed by atoms with Gasteiger partial charge in [0.25, 0.3) is 0 Å². The van der Waals surface area contributed by atoms with E-state index in [1.165, 1.54) is 16.7 Å². The van der Waals surface area contributed by atoms with Crippen LogP contribution in [0.25, 0.3) is 100 Å². The molecular weight excluding hydrogens is 1320 g/mol. The first-order valence-electron chi connectivity index (χ1n) is 37.7. The van der Waals surface area contributed by atoms with Crippen LogP contribution in [-0.4, -0.2) is 0 Å². The molecule has 0 nitrogen and oxygen atoms in total. The van der Waals surface area contributed by atoms with Crippen molar-refractivity contribution in [3.63, 3.8) is 0 Å². The van der Waals surface area contributed by atoms with E-state index in [0.29, 0.717) is 0 Å². The molecule has 110 heavy (non-hydrogen) atoms. The van der Waals surface area contributed by atoms with Crippen molar-refractivity contribution in [3.05, 3.63) is 539 Å². The molecule has 0 saturated carbocycles. The smallest absolute Gasteiger partial charge is 0.0249 e. The SMILES string of the molecule is C(#Cc1ccc(/C(=C(\c2ccccc2)c2ccc(-c3c(-c4ccccc4)c(-c4ccccc4)c(-c4ccccc4)c(-c4ccccc4)c3-c3ccc(C(=C(c4ccccc4)c4ccccc4)c4ccccc4)cc3)cc2)c2ccccc2)cc1)c1ccc(C(=C(c2ccccc2)c2ccccc2)c2ccccc2)cc1. The Morgan fingerprint density at radius 1 is 0.109 bits per heavy atom. The van der Waals surface area contributed by atoms with Crippen molar-refractivity contribution < 1.29 is 0 Å². The molecule has 0 aromatic heterocycles. The summed E-state index contributed by atoms with van der Waals surface area (Å²) in [6, 6.07) is 167. The molecular formula is C110H76. The molecule has 0 unspecified atom stereocenters. The van der Waals surface area contributed by atoms with E-state index in [1.54, 1.807) is 0 Å². The summed E-state index contributed by atoms with van der Waals surface area (Å²) < 4.78 is 0. The van der Waals surface area contributed by atoms with Crippen LogP contribution in [0.1, 0.15) is 77.9 Å². The van der Waals surface area contributed by atoms with Crippen molar-refractivity contribution in [2.45, 2.75) is 0 Å².